The highest BCUT2D eigenvalue weighted by Crippen LogP contribution is 2.23. The predicted octanol–water partition coefficient (Wildman–Crippen LogP) is 0.842. The molecule has 1 rings (SSSR count). The van der Waals surface area contributed by atoms with Crippen LogP contribution in [-0.2, 0) is 11.8 Å². The number of hydrazine groups is 1. The highest BCUT2D eigenvalue weighted by atomic mass is 19.3. The lowest BCUT2D eigenvalue weighted by molar-refractivity contribution is -0.167. The summed E-state index contributed by atoms with van der Waals surface area (Å²) in [5.74, 6) is 1.06. The molecule has 0 saturated carbocycles. The lowest BCUT2D eigenvalue weighted by Gasteiger charge is -2.18. The Kier molecular flexibility index (Phi) is 5.05. The number of nitrogens with two attached hydrogens (primary N) is 1. The van der Waals surface area contributed by atoms with E-state index in [1.807, 2.05) is 0 Å². The molecule has 18 heavy (non-hydrogen) atoms. The van der Waals surface area contributed by atoms with Crippen LogP contribution >= 0.6 is 0 Å². The van der Waals surface area contributed by atoms with E-state index in [1.165, 1.54) is 10.9 Å². The molecule has 1 heterocycles. The zero-order valence-electron chi connectivity index (χ0n) is 9.62. The monoisotopic (exact) mass is 270 g/mol. The maximum atomic E-state index is 12.6. The number of halogens is 4. The lowest BCUT2D eigenvalue weighted by Crippen LogP contribution is -2.36. The van der Waals surface area contributed by atoms with Gasteiger partial charge in [-0.15, -0.1) is 0 Å². The summed E-state index contributed by atoms with van der Waals surface area (Å²) in [6, 6.07) is -0.591. The lowest BCUT2D eigenvalue weighted by atomic mass is 10.2. The van der Waals surface area contributed by atoms with Crippen molar-refractivity contribution in [1.82, 2.24) is 15.2 Å². The summed E-state index contributed by atoms with van der Waals surface area (Å²) in [5, 5.41) is 3.87. The molecule has 0 aromatic carbocycles. The van der Waals surface area contributed by atoms with Gasteiger partial charge >= 0.3 is 12.3 Å². The van der Waals surface area contributed by atoms with Gasteiger partial charge in [0.15, 0.2) is 0 Å². The van der Waals surface area contributed by atoms with Gasteiger partial charge < -0.3 is 4.74 Å². The number of nitrogens with zero attached hydrogens (tertiary/aromatic N) is 2. The number of hydrogen-bond donors (Lipinski definition) is 2. The van der Waals surface area contributed by atoms with Crippen LogP contribution in [-0.4, -0.2) is 35.3 Å². The molecule has 9 heteroatoms. The average molecular weight is 270 g/mol. The van der Waals surface area contributed by atoms with Crippen molar-refractivity contribution in [2.75, 3.05) is 13.2 Å². The molecule has 1 aromatic rings. The maximum absolute atomic E-state index is 12.6. The van der Waals surface area contributed by atoms with Crippen LogP contribution in [0.2, 0.25) is 0 Å². The molecule has 1 unspecified atom stereocenters. The van der Waals surface area contributed by atoms with Crippen LogP contribution in [0, 0.1) is 0 Å². The molecule has 0 spiro atoms. The molecule has 3 N–H and O–H groups in total. The van der Waals surface area contributed by atoms with Gasteiger partial charge in [0.1, 0.15) is 6.61 Å². The highest BCUT2D eigenvalue weighted by Gasteiger charge is 2.41. The second-order valence-electron chi connectivity index (χ2n) is 3.74. The zero-order chi connectivity index (χ0) is 13.8. The van der Waals surface area contributed by atoms with Crippen LogP contribution in [0.5, 0.6) is 0 Å². The Morgan fingerprint density at radius 2 is 2.22 bits per heavy atom. The third-order valence-corrected chi connectivity index (χ3v) is 2.23. The molecule has 0 fully saturated rings. The quantitative estimate of drug-likeness (QED) is 0.438. The van der Waals surface area contributed by atoms with Crippen LogP contribution in [0.4, 0.5) is 17.6 Å². The van der Waals surface area contributed by atoms with E-state index in [0.717, 1.165) is 0 Å². The average Bonchev–Trinajstić information content (AvgIpc) is 2.71. The minimum absolute atomic E-state index is 0.259. The van der Waals surface area contributed by atoms with Crippen LogP contribution in [0.1, 0.15) is 11.6 Å². The molecule has 1 atom stereocenters. The molecule has 104 valence electrons. The summed E-state index contributed by atoms with van der Waals surface area (Å²) < 4.78 is 54.9. The maximum Gasteiger partial charge on any atom is 0.330 e. The molecule has 0 amide bonds. The van der Waals surface area contributed by atoms with Crippen LogP contribution < -0.4 is 11.3 Å². The fourth-order valence-corrected chi connectivity index (χ4v) is 1.24. The van der Waals surface area contributed by atoms with Gasteiger partial charge in [-0.05, 0) is 0 Å². The van der Waals surface area contributed by atoms with Crippen molar-refractivity contribution < 1.29 is 22.3 Å². The van der Waals surface area contributed by atoms with E-state index in [4.69, 9.17) is 5.84 Å². The van der Waals surface area contributed by atoms with E-state index < -0.39 is 25.0 Å². The van der Waals surface area contributed by atoms with Crippen molar-refractivity contribution >= 4 is 0 Å². The predicted molar refractivity (Wildman–Crippen MR) is 55.0 cm³/mol. The highest BCUT2D eigenvalue weighted by molar-refractivity contribution is 5.09. The Labute approximate surface area is 101 Å². The molecule has 1 aromatic heterocycles. The third kappa shape index (κ3) is 3.93. The van der Waals surface area contributed by atoms with Crippen molar-refractivity contribution in [2.24, 2.45) is 12.9 Å². The van der Waals surface area contributed by atoms with E-state index in [1.54, 1.807) is 13.2 Å². The number of hydrogen-bond acceptors (Lipinski definition) is 4. The van der Waals surface area contributed by atoms with Gasteiger partial charge in [-0.25, -0.2) is 8.78 Å². The van der Waals surface area contributed by atoms with Gasteiger partial charge in [0.05, 0.1) is 18.8 Å². The van der Waals surface area contributed by atoms with E-state index in [-0.39, 0.29) is 6.61 Å². The van der Waals surface area contributed by atoms with Crippen LogP contribution in [0.3, 0.4) is 0 Å². The Hall–Kier alpha value is -1.19. The first-order valence-electron chi connectivity index (χ1n) is 5.05. The van der Waals surface area contributed by atoms with Gasteiger partial charge in [0, 0.05) is 18.8 Å². The van der Waals surface area contributed by atoms with Gasteiger partial charge in [-0.3, -0.25) is 16.0 Å². The van der Waals surface area contributed by atoms with Gasteiger partial charge in [0.2, 0.25) is 0 Å². The number of aryl methyl sites for hydroxylation is 1. The number of nitrogens with one attached hydrogen (secondary N) is 1. The minimum Gasteiger partial charge on any atom is -0.373 e. The Bertz CT molecular complexity index is 371. The number of alkyl halides is 4. The van der Waals surface area contributed by atoms with E-state index >= 15 is 0 Å². The van der Waals surface area contributed by atoms with E-state index in [2.05, 4.69) is 15.3 Å². The summed E-state index contributed by atoms with van der Waals surface area (Å²) in [7, 11) is 1.67. The summed E-state index contributed by atoms with van der Waals surface area (Å²) in [6.07, 6.45) is -0.668. The number of ether oxygens (including phenoxy) is 1. The number of rotatable bonds is 7. The Morgan fingerprint density at radius 1 is 1.56 bits per heavy atom. The molecule has 0 aliphatic rings. The number of aromatic nitrogens is 2. The van der Waals surface area contributed by atoms with Crippen LogP contribution in [0.25, 0.3) is 0 Å². The Balaban J connectivity index is 2.46. The summed E-state index contributed by atoms with van der Waals surface area (Å²) >= 11 is 0. The normalized spacial score (nSPS) is 14.2. The van der Waals surface area contributed by atoms with Gasteiger partial charge in [-0.1, -0.05) is 0 Å². The molecule has 0 aliphatic heterocycles. The topological polar surface area (TPSA) is 65.1 Å². The Morgan fingerprint density at radius 3 is 2.67 bits per heavy atom. The zero-order valence-corrected chi connectivity index (χ0v) is 9.62. The summed E-state index contributed by atoms with van der Waals surface area (Å²) in [6.45, 7) is -1.62. The van der Waals surface area contributed by atoms with Crippen LogP contribution in [0.15, 0.2) is 12.4 Å². The molecule has 0 radical (unpaired) electrons. The molecule has 5 nitrogen and oxygen atoms in total. The first kappa shape index (κ1) is 14.9. The molecular formula is C9H14F4N4O. The fourth-order valence-electron chi connectivity index (χ4n) is 1.24. The van der Waals surface area contributed by atoms with Crippen molar-refractivity contribution in [3.63, 3.8) is 0 Å². The van der Waals surface area contributed by atoms with Crippen molar-refractivity contribution in [1.29, 1.82) is 0 Å². The third-order valence-electron chi connectivity index (χ3n) is 2.23. The molecule has 0 bridgehead atoms. The largest absolute Gasteiger partial charge is 0.373 e. The van der Waals surface area contributed by atoms with Crippen molar-refractivity contribution in [3.8, 4) is 0 Å². The van der Waals surface area contributed by atoms with Gasteiger partial charge in [-0.2, -0.15) is 13.9 Å². The van der Waals surface area contributed by atoms with Gasteiger partial charge in [0.25, 0.3) is 0 Å². The molecular weight excluding hydrogens is 256 g/mol. The summed E-state index contributed by atoms with van der Waals surface area (Å²) in [4.78, 5) is 0. The second-order valence-corrected chi connectivity index (χ2v) is 3.74. The first-order valence-corrected chi connectivity index (χ1v) is 5.05. The van der Waals surface area contributed by atoms with E-state index in [9.17, 15) is 17.6 Å². The standard InChI is InChI=1S/C9H14F4N4O/c1-17-3-6(2-15-17)7(16-14)4-18-5-9(12,13)8(10)11/h2-3,7-8,16H,4-5,14H2,1H3. The fraction of sp³-hybridized carbons (Fsp3) is 0.667. The minimum atomic E-state index is -4.16. The van der Waals surface area contributed by atoms with Crippen molar-refractivity contribution in [3.05, 3.63) is 18.0 Å². The van der Waals surface area contributed by atoms with E-state index in [0.29, 0.717) is 5.56 Å². The molecule has 0 aliphatic carbocycles. The smallest absolute Gasteiger partial charge is 0.330 e. The SMILES string of the molecule is Cn1cc(C(COCC(F)(F)C(F)F)NN)cn1. The first-order chi connectivity index (χ1) is 8.36. The van der Waals surface area contributed by atoms with Crippen molar-refractivity contribution in [2.45, 2.75) is 18.4 Å². The summed E-state index contributed by atoms with van der Waals surface area (Å²) in [5.41, 5.74) is 2.95. The second kappa shape index (κ2) is 6.12. The molecule has 0 saturated heterocycles.